The Balaban J connectivity index is 1.67. The molecule has 2 N–H and O–H groups in total. The average Bonchev–Trinajstić information content (AvgIpc) is 2.87. The van der Waals surface area contributed by atoms with Gasteiger partial charge in [-0.1, -0.05) is 26.7 Å². The Labute approximate surface area is 142 Å². The summed E-state index contributed by atoms with van der Waals surface area (Å²) in [6.07, 6.45) is 11.3. The van der Waals surface area contributed by atoms with Crippen molar-refractivity contribution < 1.29 is 10.2 Å². The van der Waals surface area contributed by atoms with Crippen LogP contribution in [0, 0.1) is 40.4 Å². The van der Waals surface area contributed by atoms with E-state index in [-0.39, 0.29) is 17.6 Å². The van der Waals surface area contributed by atoms with Crippen molar-refractivity contribution in [2.45, 2.75) is 90.8 Å². The fraction of sp³-hybridized carbons (Fsp3) is 1.00. The first kappa shape index (κ1) is 16.4. The van der Waals surface area contributed by atoms with Gasteiger partial charge in [-0.3, -0.25) is 0 Å². The van der Waals surface area contributed by atoms with E-state index in [0.717, 1.165) is 30.6 Å². The zero-order valence-electron chi connectivity index (χ0n) is 15.3. The molecule has 0 aromatic carbocycles. The summed E-state index contributed by atoms with van der Waals surface area (Å²) in [7, 11) is 0. The molecule has 3 unspecified atom stereocenters. The molecule has 0 saturated heterocycles. The first-order valence-electron chi connectivity index (χ1n) is 10.2. The van der Waals surface area contributed by atoms with Gasteiger partial charge in [0.15, 0.2) is 0 Å². The summed E-state index contributed by atoms with van der Waals surface area (Å²) in [5.74, 6) is 3.35. The van der Waals surface area contributed by atoms with Crippen LogP contribution < -0.4 is 0 Å². The Bertz CT molecular complexity index is 461. The summed E-state index contributed by atoms with van der Waals surface area (Å²) >= 11 is 0. The van der Waals surface area contributed by atoms with Crippen LogP contribution >= 0.6 is 0 Å². The van der Waals surface area contributed by atoms with Gasteiger partial charge in [0.1, 0.15) is 0 Å². The monoisotopic (exact) mass is 320 g/mol. The summed E-state index contributed by atoms with van der Waals surface area (Å²) in [5.41, 5.74) is 0.430. The number of hydrogen-bond donors (Lipinski definition) is 2. The summed E-state index contributed by atoms with van der Waals surface area (Å²) in [4.78, 5) is 0. The third-order valence-corrected chi connectivity index (χ3v) is 9.34. The lowest BCUT2D eigenvalue weighted by Crippen LogP contribution is -2.58. The zero-order chi connectivity index (χ0) is 16.4. The van der Waals surface area contributed by atoms with Crippen molar-refractivity contribution in [3.8, 4) is 0 Å². The minimum Gasteiger partial charge on any atom is -0.393 e. The molecule has 4 aliphatic carbocycles. The summed E-state index contributed by atoms with van der Waals surface area (Å²) < 4.78 is 0. The first-order chi connectivity index (χ1) is 10.9. The van der Waals surface area contributed by atoms with Crippen LogP contribution in [0.25, 0.3) is 0 Å². The molecule has 0 amide bonds. The van der Waals surface area contributed by atoms with Gasteiger partial charge in [-0.15, -0.1) is 0 Å². The molecule has 4 fully saturated rings. The SMILES string of the molecule is CC(O)[C@H]1CC[C@H]2[C@@H]3CCC4CCCC[C@]4(C)[C@H]3CC(O)[C@]12C. The Hall–Kier alpha value is -0.0800. The van der Waals surface area contributed by atoms with Gasteiger partial charge in [-0.2, -0.15) is 0 Å². The molecule has 0 aromatic heterocycles. The normalized spacial score (nSPS) is 57.3. The van der Waals surface area contributed by atoms with Crippen LogP contribution in [0.3, 0.4) is 0 Å². The molecule has 0 spiro atoms. The minimum absolute atomic E-state index is 0.0484. The van der Waals surface area contributed by atoms with Gasteiger partial charge in [0.2, 0.25) is 0 Å². The number of fused-ring (bicyclic) bond motifs is 5. The lowest BCUT2D eigenvalue weighted by atomic mass is 9.44. The lowest BCUT2D eigenvalue weighted by Gasteiger charge is -2.62. The maximum Gasteiger partial charge on any atom is 0.0603 e. The molecule has 0 aliphatic heterocycles. The van der Waals surface area contributed by atoms with Crippen LogP contribution in [0.5, 0.6) is 0 Å². The highest BCUT2D eigenvalue weighted by atomic mass is 16.3. The molecule has 4 aliphatic rings. The molecule has 0 bridgehead atoms. The Morgan fingerprint density at radius 2 is 1.74 bits per heavy atom. The number of aliphatic hydroxyl groups is 2. The van der Waals surface area contributed by atoms with Gasteiger partial charge >= 0.3 is 0 Å². The Kier molecular flexibility index (Phi) is 3.89. The van der Waals surface area contributed by atoms with Gasteiger partial charge in [-0.25, -0.2) is 0 Å². The fourth-order valence-corrected chi connectivity index (χ4v) is 8.08. The molecular weight excluding hydrogens is 284 g/mol. The van der Waals surface area contributed by atoms with Crippen LogP contribution in [-0.2, 0) is 0 Å². The second kappa shape index (κ2) is 5.46. The van der Waals surface area contributed by atoms with E-state index >= 15 is 0 Å². The van der Waals surface area contributed by atoms with Crippen molar-refractivity contribution in [1.29, 1.82) is 0 Å². The Morgan fingerprint density at radius 1 is 0.957 bits per heavy atom. The Morgan fingerprint density at radius 3 is 2.48 bits per heavy atom. The van der Waals surface area contributed by atoms with Crippen molar-refractivity contribution >= 4 is 0 Å². The van der Waals surface area contributed by atoms with Crippen molar-refractivity contribution in [3.05, 3.63) is 0 Å². The van der Waals surface area contributed by atoms with Crippen LogP contribution in [0.2, 0.25) is 0 Å². The molecule has 4 saturated carbocycles. The smallest absolute Gasteiger partial charge is 0.0603 e. The van der Waals surface area contributed by atoms with E-state index in [1.807, 2.05) is 6.92 Å². The predicted octanol–water partition coefficient (Wildman–Crippen LogP) is 4.39. The molecule has 2 nitrogen and oxygen atoms in total. The van der Waals surface area contributed by atoms with E-state index in [9.17, 15) is 10.2 Å². The second-order valence-corrected chi connectivity index (χ2v) is 9.94. The van der Waals surface area contributed by atoms with Gasteiger partial charge in [0.05, 0.1) is 12.2 Å². The van der Waals surface area contributed by atoms with Crippen molar-refractivity contribution in [1.82, 2.24) is 0 Å². The van der Waals surface area contributed by atoms with Crippen LogP contribution in [0.1, 0.15) is 78.6 Å². The third-order valence-electron chi connectivity index (χ3n) is 9.34. The predicted molar refractivity (Wildman–Crippen MR) is 92.9 cm³/mol. The molecule has 0 aromatic rings. The highest BCUT2D eigenvalue weighted by molar-refractivity contribution is 5.12. The maximum absolute atomic E-state index is 11.2. The highest BCUT2D eigenvalue weighted by Gasteiger charge is 2.63. The molecule has 0 heterocycles. The van der Waals surface area contributed by atoms with E-state index in [1.54, 1.807) is 0 Å². The molecular formula is C21H36O2. The standard InChI is InChI=1S/C21H36O2/c1-13(22)16-9-10-17-15-8-7-14-6-4-5-11-20(14,2)18(15)12-19(23)21(16,17)3/h13-19,22-23H,4-12H2,1-3H3/t13?,14?,15-,16+,17-,18-,19?,20-,21+/m0/s1. The zero-order valence-corrected chi connectivity index (χ0v) is 15.3. The molecule has 2 heteroatoms. The molecule has 132 valence electrons. The lowest BCUT2D eigenvalue weighted by molar-refractivity contribution is -0.172. The van der Waals surface area contributed by atoms with E-state index in [2.05, 4.69) is 13.8 Å². The van der Waals surface area contributed by atoms with Crippen LogP contribution in [0.15, 0.2) is 0 Å². The average molecular weight is 321 g/mol. The van der Waals surface area contributed by atoms with Gasteiger partial charge in [0, 0.05) is 5.41 Å². The summed E-state index contributed by atoms with van der Waals surface area (Å²) in [6, 6.07) is 0. The quantitative estimate of drug-likeness (QED) is 0.752. The van der Waals surface area contributed by atoms with Crippen molar-refractivity contribution in [2.24, 2.45) is 40.4 Å². The van der Waals surface area contributed by atoms with E-state index in [1.165, 1.54) is 44.9 Å². The number of hydrogen-bond acceptors (Lipinski definition) is 2. The van der Waals surface area contributed by atoms with Crippen molar-refractivity contribution in [3.63, 3.8) is 0 Å². The van der Waals surface area contributed by atoms with Gasteiger partial charge in [0.25, 0.3) is 0 Å². The topological polar surface area (TPSA) is 40.5 Å². The van der Waals surface area contributed by atoms with Crippen LogP contribution in [-0.4, -0.2) is 22.4 Å². The largest absolute Gasteiger partial charge is 0.393 e. The van der Waals surface area contributed by atoms with Gasteiger partial charge < -0.3 is 10.2 Å². The minimum atomic E-state index is -0.280. The summed E-state index contributed by atoms with van der Waals surface area (Å²) in [6.45, 7) is 6.80. The summed E-state index contributed by atoms with van der Waals surface area (Å²) in [5, 5.41) is 21.5. The fourth-order valence-electron chi connectivity index (χ4n) is 8.08. The van der Waals surface area contributed by atoms with Crippen LogP contribution in [0.4, 0.5) is 0 Å². The molecule has 4 rings (SSSR count). The number of rotatable bonds is 1. The van der Waals surface area contributed by atoms with E-state index in [0.29, 0.717) is 17.3 Å². The molecule has 23 heavy (non-hydrogen) atoms. The maximum atomic E-state index is 11.2. The third kappa shape index (κ3) is 2.13. The number of aliphatic hydroxyl groups excluding tert-OH is 2. The molecule has 0 radical (unpaired) electrons. The van der Waals surface area contributed by atoms with E-state index < -0.39 is 0 Å². The van der Waals surface area contributed by atoms with Crippen molar-refractivity contribution in [2.75, 3.05) is 0 Å². The first-order valence-corrected chi connectivity index (χ1v) is 10.2. The second-order valence-electron chi connectivity index (χ2n) is 9.94. The highest BCUT2D eigenvalue weighted by Crippen LogP contribution is 2.67. The molecule has 9 atom stereocenters. The van der Waals surface area contributed by atoms with E-state index in [4.69, 9.17) is 0 Å². The van der Waals surface area contributed by atoms with Gasteiger partial charge in [-0.05, 0) is 86.9 Å².